The van der Waals surface area contributed by atoms with Gasteiger partial charge in [-0.25, -0.2) is 15.0 Å². The molecule has 34 heavy (non-hydrogen) atoms. The van der Waals surface area contributed by atoms with Crippen LogP contribution in [0.5, 0.6) is 0 Å². The van der Waals surface area contributed by atoms with Crippen LogP contribution in [0.3, 0.4) is 0 Å². The van der Waals surface area contributed by atoms with Crippen LogP contribution >= 0.6 is 11.3 Å². The molecule has 3 aromatic rings. The molecule has 2 amide bonds. The Hall–Kier alpha value is -2.91. The lowest BCUT2D eigenvalue weighted by atomic mass is 9.92. The maximum Gasteiger partial charge on any atom is 0.274 e. The molecule has 4 heterocycles. The molecule has 9 heteroatoms. The Morgan fingerprint density at radius 2 is 1.68 bits per heavy atom. The maximum atomic E-state index is 13.4. The summed E-state index contributed by atoms with van der Waals surface area (Å²) in [5, 5.41) is 0.701. The van der Waals surface area contributed by atoms with Crippen molar-refractivity contribution in [1.29, 1.82) is 0 Å². The first-order chi connectivity index (χ1) is 16.5. The first kappa shape index (κ1) is 22.9. The van der Waals surface area contributed by atoms with Crippen molar-refractivity contribution >= 4 is 33.4 Å². The van der Waals surface area contributed by atoms with Crippen molar-refractivity contribution in [3.8, 4) is 10.7 Å². The van der Waals surface area contributed by atoms with Crippen LogP contribution in [0.2, 0.25) is 0 Å². The van der Waals surface area contributed by atoms with Crippen molar-refractivity contribution in [2.75, 3.05) is 45.8 Å². The summed E-state index contributed by atoms with van der Waals surface area (Å²) in [5.74, 6) is 1.18. The van der Waals surface area contributed by atoms with Gasteiger partial charge in [0.2, 0.25) is 5.91 Å². The minimum absolute atomic E-state index is 0.132. The molecule has 5 rings (SSSR count). The fourth-order valence-corrected chi connectivity index (χ4v) is 6.00. The van der Waals surface area contributed by atoms with E-state index >= 15 is 0 Å². The average molecular weight is 479 g/mol. The lowest BCUT2D eigenvalue weighted by Crippen LogP contribution is -2.53. The minimum Gasteiger partial charge on any atom is -0.341 e. The highest BCUT2D eigenvalue weighted by molar-refractivity contribution is 7.21. The van der Waals surface area contributed by atoms with Gasteiger partial charge in [-0.3, -0.25) is 14.5 Å². The van der Waals surface area contributed by atoms with Gasteiger partial charge in [-0.2, -0.15) is 0 Å². The summed E-state index contributed by atoms with van der Waals surface area (Å²) in [4.78, 5) is 45.7. The second-order valence-electron chi connectivity index (χ2n) is 9.55. The number of fused-ring (bicyclic) bond motifs is 1. The molecule has 2 saturated heterocycles. The zero-order valence-corrected chi connectivity index (χ0v) is 20.5. The molecule has 0 N–H and O–H groups in total. The van der Waals surface area contributed by atoms with Gasteiger partial charge in [0.15, 0.2) is 5.69 Å². The third-order valence-electron chi connectivity index (χ3n) is 6.64. The van der Waals surface area contributed by atoms with Crippen molar-refractivity contribution < 1.29 is 9.59 Å². The van der Waals surface area contributed by atoms with Crippen LogP contribution in [0.25, 0.3) is 20.9 Å². The Balaban J connectivity index is 1.23. The molecule has 2 aliphatic rings. The molecule has 2 aliphatic heterocycles. The SMILES string of the molecule is C[C@@H]1C[C@H](C)CN(C(=O)CN2CCN(C(=O)c3nccnc3-c3nc4ccccc4s3)CC2)C1. The van der Waals surface area contributed by atoms with E-state index in [9.17, 15) is 9.59 Å². The Kier molecular flexibility index (Phi) is 6.56. The van der Waals surface area contributed by atoms with Crippen molar-refractivity contribution in [2.45, 2.75) is 20.3 Å². The number of hydrogen-bond acceptors (Lipinski definition) is 7. The van der Waals surface area contributed by atoms with E-state index in [-0.39, 0.29) is 11.8 Å². The normalized spacial score (nSPS) is 21.7. The summed E-state index contributed by atoms with van der Waals surface area (Å²) >= 11 is 1.51. The monoisotopic (exact) mass is 478 g/mol. The van der Waals surface area contributed by atoms with Crippen LogP contribution in [0.15, 0.2) is 36.7 Å². The maximum absolute atomic E-state index is 13.4. The molecule has 8 nitrogen and oxygen atoms in total. The van der Waals surface area contributed by atoms with E-state index in [0.717, 1.165) is 23.3 Å². The number of amides is 2. The number of para-hydroxylation sites is 1. The highest BCUT2D eigenvalue weighted by atomic mass is 32.1. The second-order valence-corrected chi connectivity index (χ2v) is 10.6. The number of aromatic nitrogens is 3. The van der Waals surface area contributed by atoms with Crippen LogP contribution < -0.4 is 0 Å². The van der Waals surface area contributed by atoms with Crippen molar-refractivity contribution in [3.63, 3.8) is 0 Å². The summed E-state index contributed by atoms with van der Waals surface area (Å²) in [5.41, 5.74) is 1.75. The van der Waals surface area contributed by atoms with Gasteiger partial charge >= 0.3 is 0 Å². The molecule has 0 spiro atoms. The van der Waals surface area contributed by atoms with Crippen molar-refractivity contribution in [1.82, 2.24) is 29.7 Å². The molecule has 0 unspecified atom stereocenters. The predicted octanol–water partition coefficient (Wildman–Crippen LogP) is 3.02. The van der Waals surface area contributed by atoms with Crippen LogP contribution in [-0.2, 0) is 4.79 Å². The third kappa shape index (κ3) is 4.81. The average Bonchev–Trinajstić information content (AvgIpc) is 3.28. The number of hydrogen-bond donors (Lipinski definition) is 0. The van der Waals surface area contributed by atoms with E-state index in [1.165, 1.54) is 17.8 Å². The Labute approximate surface area is 203 Å². The van der Waals surface area contributed by atoms with Crippen LogP contribution in [0.1, 0.15) is 30.8 Å². The van der Waals surface area contributed by atoms with E-state index < -0.39 is 0 Å². The summed E-state index contributed by atoms with van der Waals surface area (Å²) < 4.78 is 1.05. The fraction of sp³-hybridized carbons (Fsp3) is 0.480. The summed E-state index contributed by atoms with van der Waals surface area (Å²) in [6, 6.07) is 7.90. The van der Waals surface area contributed by atoms with Crippen molar-refractivity contribution in [3.05, 3.63) is 42.4 Å². The second kappa shape index (κ2) is 9.76. The molecule has 0 bridgehead atoms. The number of nitrogens with zero attached hydrogens (tertiary/aromatic N) is 6. The summed E-state index contributed by atoms with van der Waals surface area (Å²) in [6.45, 7) is 9.03. The van der Waals surface area contributed by atoms with E-state index in [2.05, 4.69) is 33.7 Å². The highest BCUT2D eigenvalue weighted by Crippen LogP contribution is 2.30. The third-order valence-corrected chi connectivity index (χ3v) is 7.68. The lowest BCUT2D eigenvalue weighted by molar-refractivity contribution is -0.135. The number of thiazole rings is 1. The summed E-state index contributed by atoms with van der Waals surface area (Å²) in [6.07, 6.45) is 4.34. The minimum atomic E-state index is -0.132. The van der Waals surface area contributed by atoms with Gasteiger partial charge in [0.1, 0.15) is 10.7 Å². The zero-order valence-electron chi connectivity index (χ0n) is 19.7. The Morgan fingerprint density at radius 3 is 2.41 bits per heavy atom. The van der Waals surface area contributed by atoms with Gasteiger partial charge in [0, 0.05) is 51.7 Å². The molecule has 2 fully saturated rings. The predicted molar refractivity (Wildman–Crippen MR) is 133 cm³/mol. The lowest BCUT2D eigenvalue weighted by Gasteiger charge is -2.38. The number of carbonyl (C=O) groups is 2. The zero-order chi connectivity index (χ0) is 23.7. The largest absolute Gasteiger partial charge is 0.341 e. The first-order valence-corrected chi connectivity index (χ1v) is 12.8. The molecule has 2 aromatic heterocycles. The topological polar surface area (TPSA) is 82.5 Å². The molecule has 1 aromatic carbocycles. The van der Waals surface area contributed by atoms with Gasteiger partial charge in [-0.1, -0.05) is 26.0 Å². The number of likely N-dealkylation sites (tertiary alicyclic amines) is 1. The van der Waals surface area contributed by atoms with Gasteiger partial charge in [0.25, 0.3) is 5.91 Å². The van der Waals surface area contributed by atoms with Crippen molar-refractivity contribution in [2.24, 2.45) is 11.8 Å². The van der Waals surface area contributed by atoms with Gasteiger partial charge in [-0.05, 0) is 30.4 Å². The summed E-state index contributed by atoms with van der Waals surface area (Å²) in [7, 11) is 0. The number of piperidine rings is 1. The van der Waals surface area contributed by atoms with E-state index in [4.69, 9.17) is 0 Å². The van der Waals surface area contributed by atoms with Crippen LogP contribution in [-0.4, -0.2) is 87.3 Å². The van der Waals surface area contributed by atoms with E-state index in [0.29, 0.717) is 61.0 Å². The molecule has 2 atom stereocenters. The van der Waals surface area contributed by atoms with Crippen LogP contribution in [0.4, 0.5) is 0 Å². The number of benzene rings is 1. The fourth-order valence-electron chi connectivity index (χ4n) is 5.04. The molecular weight excluding hydrogens is 448 g/mol. The highest BCUT2D eigenvalue weighted by Gasteiger charge is 2.30. The standard InChI is InChI=1S/C25H30N6O2S/c1-17-13-18(2)15-31(14-17)21(32)16-29-9-11-30(12-10-29)25(33)23-22(26-7-8-27-23)24-28-19-5-3-4-6-20(19)34-24/h3-8,17-18H,9-16H2,1-2H3/t17-,18+. The van der Waals surface area contributed by atoms with Crippen LogP contribution in [0, 0.1) is 11.8 Å². The molecule has 0 aliphatic carbocycles. The van der Waals surface area contributed by atoms with Gasteiger partial charge < -0.3 is 9.80 Å². The number of carbonyl (C=O) groups excluding carboxylic acids is 2. The Bertz CT molecular complexity index is 1150. The quantitative estimate of drug-likeness (QED) is 0.573. The van der Waals surface area contributed by atoms with E-state index in [1.807, 2.05) is 34.1 Å². The smallest absolute Gasteiger partial charge is 0.274 e. The molecule has 178 valence electrons. The Morgan fingerprint density at radius 1 is 0.971 bits per heavy atom. The molecule has 0 saturated carbocycles. The number of piperazine rings is 1. The van der Waals surface area contributed by atoms with Gasteiger partial charge in [0.05, 0.1) is 16.8 Å². The molecule has 0 radical (unpaired) electrons. The van der Waals surface area contributed by atoms with E-state index in [1.54, 1.807) is 12.4 Å². The van der Waals surface area contributed by atoms with Gasteiger partial charge in [-0.15, -0.1) is 11.3 Å². The first-order valence-electron chi connectivity index (χ1n) is 11.9. The molecular formula is C25H30N6O2S. The number of rotatable bonds is 4.